The number of anilines is 1. The minimum Gasteiger partial charge on any atom is -0.491 e. The van der Waals surface area contributed by atoms with Gasteiger partial charge < -0.3 is 25.0 Å². The van der Waals surface area contributed by atoms with Crippen LogP contribution in [-0.4, -0.2) is 72.9 Å². The number of urea groups is 1. The molecule has 8 nitrogen and oxygen atoms in total. The molecule has 1 aromatic carbocycles. The SMILES string of the molecule is CC(C)Oc1ccc(NC(=O)NCCCN2CCN(C(=O)OC(C)(C)C)CC2)c(F)c1. The van der Waals surface area contributed by atoms with E-state index in [0.717, 1.165) is 26.1 Å². The number of rotatable bonds is 7. The van der Waals surface area contributed by atoms with Gasteiger partial charge in [-0.2, -0.15) is 0 Å². The van der Waals surface area contributed by atoms with E-state index < -0.39 is 17.4 Å². The number of amides is 3. The number of ether oxygens (including phenoxy) is 2. The Morgan fingerprint density at radius 1 is 1.16 bits per heavy atom. The predicted octanol–water partition coefficient (Wildman–Crippen LogP) is 3.68. The standard InChI is InChI=1S/C22H35FN4O4/c1-16(2)30-17-7-8-19(18(23)15-17)25-20(28)24-9-6-10-26-11-13-27(14-12-26)21(29)31-22(3,4)5/h7-8,15-16H,6,9-14H2,1-5H3,(H2,24,25,28). The Kier molecular flexibility index (Phi) is 8.91. The summed E-state index contributed by atoms with van der Waals surface area (Å²) < 4.78 is 24.9. The van der Waals surface area contributed by atoms with Gasteiger partial charge in [0.15, 0.2) is 0 Å². The molecule has 1 aliphatic rings. The van der Waals surface area contributed by atoms with Crippen LogP contribution in [0, 0.1) is 5.82 Å². The quantitative estimate of drug-likeness (QED) is 0.635. The van der Waals surface area contributed by atoms with Crippen LogP contribution in [0.15, 0.2) is 18.2 Å². The lowest BCUT2D eigenvalue weighted by Crippen LogP contribution is -2.50. The molecule has 1 aromatic rings. The van der Waals surface area contributed by atoms with Gasteiger partial charge in [-0.05, 0) is 59.7 Å². The summed E-state index contributed by atoms with van der Waals surface area (Å²) in [5.41, 5.74) is -0.389. The summed E-state index contributed by atoms with van der Waals surface area (Å²) in [5, 5.41) is 5.25. The van der Waals surface area contributed by atoms with Crippen molar-refractivity contribution < 1.29 is 23.5 Å². The first-order valence-corrected chi connectivity index (χ1v) is 10.7. The van der Waals surface area contributed by atoms with Crippen LogP contribution >= 0.6 is 0 Å². The van der Waals surface area contributed by atoms with Crippen molar-refractivity contribution >= 4 is 17.8 Å². The van der Waals surface area contributed by atoms with E-state index in [-0.39, 0.29) is 17.9 Å². The number of carbonyl (C=O) groups excluding carboxylic acids is 2. The number of benzene rings is 1. The monoisotopic (exact) mass is 438 g/mol. The van der Waals surface area contributed by atoms with Gasteiger partial charge in [0.2, 0.25) is 0 Å². The topological polar surface area (TPSA) is 83.1 Å². The molecule has 0 saturated carbocycles. The van der Waals surface area contributed by atoms with Crippen LogP contribution in [0.4, 0.5) is 19.7 Å². The first-order valence-electron chi connectivity index (χ1n) is 10.7. The van der Waals surface area contributed by atoms with Crippen LogP contribution in [0.3, 0.4) is 0 Å². The van der Waals surface area contributed by atoms with E-state index in [1.54, 1.807) is 11.0 Å². The second-order valence-corrected chi connectivity index (χ2v) is 8.85. The van der Waals surface area contributed by atoms with E-state index >= 15 is 0 Å². The average molecular weight is 439 g/mol. The van der Waals surface area contributed by atoms with E-state index in [1.807, 2.05) is 34.6 Å². The zero-order valence-electron chi connectivity index (χ0n) is 19.2. The minimum absolute atomic E-state index is 0.0539. The molecule has 1 aliphatic heterocycles. The Bertz CT molecular complexity index is 744. The van der Waals surface area contributed by atoms with Crippen molar-refractivity contribution in [3.8, 4) is 5.75 Å². The van der Waals surface area contributed by atoms with E-state index in [9.17, 15) is 14.0 Å². The maximum absolute atomic E-state index is 14.1. The number of nitrogens with zero attached hydrogens (tertiary/aromatic N) is 2. The largest absolute Gasteiger partial charge is 0.491 e. The highest BCUT2D eigenvalue weighted by Crippen LogP contribution is 2.21. The second kappa shape index (κ2) is 11.2. The van der Waals surface area contributed by atoms with Crippen LogP contribution in [0.1, 0.15) is 41.0 Å². The van der Waals surface area contributed by atoms with Gasteiger partial charge >= 0.3 is 12.1 Å². The van der Waals surface area contributed by atoms with Crippen molar-refractivity contribution in [2.24, 2.45) is 0 Å². The Hall–Kier alpha value is -2.55. The van der Waals surface area contributed by atoms with E-state index in [1.165, 1.54) is 12.1 Å². The van der Waals surface area contributed by atoms with Gasteiger partial charge in [-0.25, -0.2) is 14.0 Å². The summed E-state index contributed by atoms with van der Waals surface area (Å²) >= 11 is 0. The van der Waals surface area contributed by atoms with Crippen molar-refractivity contribution in [1.29, 1.82) is 0 Å². The van der Waals surface area contributed by atoms with Crippen molar-refractivity contribution in [3.63, 3.8) is 0 Å². The molecular weight excluding hydrogens is 403 g/mol. The molecule has 9 heteroatoms. The third kappa shape index (κ3) is 9.00. The molecular formula is C22H35FN4O4. The summed E-state index contributed by atoms with van der Waals surface area (Å²) in [6, 6.07) is 3.91. The van der Waals surface area contributed by atoms with Crippen LogP contribution in [0.2, 0.25) is 0 Å². The van der Waals surface area contributed by atoms with E-state index in [2.05, 4.69) is 15.5 Å². The normalized spacial score (nSPS) is 15.0. The van der Waals surface area contributed by atoms with Crippen molar-refractivity contribution in [3.05, 3.63) is 24.0 Å². The smallest absolute Gasteiger partial charge is 0.410 e. The third-order valence-electron chi connectivity index (χ3n) is 4.52. The van der Waals surface area contributed by atoms with Crippen molar-refractivity contribution in [2.45, 2.75) is 52.7 Å². The molecule has 0 aliphatic carbocycles. The van der Waals surface area contributed by atoms with Gasteiger partial charge in [0.05, 0.1) is 11.8 Å². The van der Waals surface area contributed by atoms with Crippen molar-refractivity contribution in [2.75, 3.05) is 44.6 Å². The Morgan fingerprint density at radius 2 is 1.84 bits per heavy atom. The number of halogens is 1. The maximum Gasteiger partial charge on any atom is 0.410 e. The second-order valence-electron chi connectivity index (χ2n) is 8.85. The summed E-state index contributed by atoms with van der Waals surface area (Å²) in [4.78, 5) is 28.1. The number of piperazine rings is 1. The maximum atomic E-state index is 14.1. The number of carbonyl (C=O) groups is 2. The van der Waals surface area contributed by atoms with E-state index in [4.69, 9.17) is 9.47 Å². The summed E-state index contributed by atoms with van der Waals surface area (Å²) in [6.07, 6.45) is 0.423. The van der Waals surface area contributed by atoms with Crippen LogP contribution in [-0.2, 0) is 4.74 Å². The highest BCUT2D eigenvalue weighted by atomic mass is 19.1. The van der Waals surface area contributed by atoms with Gasteiger partial charge in [0.25, 0.3) is 0 Å². The zero-order chi connectivity index (χ0) is 23.0. The molecule has 1 saturated heterocycles. The summed E-state index contributed by atoms with van der Waals surface area (Å²) in [6.45, 7) is 13.3. The summed E-state index contributed by atoms with van der Waals surface area (Å²) in [7, 11) is 0. The predicted molar refractivity (Wildman–Crippen MR) is 118 cm³/mol. The number of nitrogens with one attached hydrogen (secondary N) is 2. The fourth-order valence-electron chi connectivity index (χ4n) is 3.09. The highest BCUT2D eigenvalue weighted by molar-refractivity contribution is 5.89. The molecule has 174 valence electrons. The van der Waals surface area contributed by atoms with Crippen LogP contribution in [0.5, 0.6) is 5.75 Å². The van der Waals surface area contributed by atoms with Crippen molar-refractivity contribution in [1.82, 2.24) is 15.1 Å². The van der Waals surface area contributed by atoms with Gasteiger partial charge in [-0.3, -0.25) is 4.90 Å². The molecule has 0 bridgehead atoms. The highest BCUT2D eigenvalue weighted by Gasteiger charge is 2.25. The first-order chi connectivity index (χ1) is 14.5. The lowest BCUT2D eigenvalue weighted by Gasteiger charge is -2.35. The Labute approximate surface area is 184 Å². The molecule has 31 heavy (non-hydrogen) atoms. The minimum atomic E-state index is -0.545. The van der Waals surface area contributed by atoms with Gasteiger partial charge in [-0.15, -0.1) is 0 Å². The first kappa shape index (κ1) is 24.7. The summed E-state index contributed by atoms with van der Waals surface area (Å²) in [5.74, 6) is -0.124. The number of hydrogen-bond donors (Lipinski definition) is 2. The van der Waals surface area contributed by atoms with E-state index in [0.29, 0.717) is 25.4 Å². The molecule has 0 aromatic heterocycles. The molecule has 0 radical (unpaired) electrons. The molecule has 0 unspecified atom stereocenters. The molecule has 2 N–H and O–H groups in total. The van der Waals surface area contributed by atoms with Crippen LogP contribution < -0.4 is 15.4 Å². The van der Waals surface area contributed by atoms with Crippen LogP contribution in [0.25, 0.3) is 0 Å². The Balaban J connectivity index is 1.64. The Morgan fingerprint density at radius 3 is 2.42 bits per heavy atom. The zero-order valence-corrected chi connectivity index (χ0v) is 19.2. The molecule has 0 atom stereocenters. The lowest BCUT2D eigenvalue weighted by molar-refractivity contribution is 0.0144. The fourth-order valence-corrected chi connectivity index (χ4v) is 3.09. The van der Waals surface area contributed by atoms with Gasteiger partial charge in [0, 0.05) is 38.8 Å². The number of hydrogen-bond acceptors (Lipinski definition) is 5. The molecule has 1 heterocycles. The van der Waals surface area contributed by atoms with Gasteiger partial charge in [-0.1, -0.05) is 0 Å². The third-order valence-corrected chi connectivity index (χ3v) is 4.52. The average Bonchev–Trinajstić information content (AvgIpc) is 2.66. The lowest BCUT2D eigenvalue weighted by atomic mass is 10.2. The van der Waals surface area contributed by atoms with Gasteiger partial charge in [0.1, 0.15) is 17.2 Å². The molecule has 3 amide bonds. The molecule has 1 fully saturated rings. The molecule has 0 spiro atoms. The molecule has 2 rings (SSSR count). The fraction of sp³-hybridized carbons (Fsp3) is 0.636.